The van der Waals surface area contributed by atoms with Gasteiger partial charge in [0.05, 0.1) is 6.54 Å². The summed E-state index contributed by atoms with van der Waals surface area (Å²) in [6.07, 6.45) is 8.97. The number of carbonyl (C=O) groups is 1. The molecule has 0 aliphatic heterocycles. The second-order valence-corrected chi connectivity index (χ2v) is 6.52. The summed E-state index contributed by atoms with van der Waals surface area (Å²) in [6.45, 7) is 4.72. The number of ketones is 1. The summed E-state index contributed by atoms with van der Waals surface area (Å²) in [4.78, 5) is 12.4. The third kappa shape index (κ3) is 2.83. The van der Waals surface area contributed by atoms with Crippen LogP contribution in [-0.4, -0.2) is 22.9 Å². The van der Waals surface area contributed by atoms with E-state index in [1.807, 2.05) is 0 Å². The van der Waals surface area contributed by atoms with Crippen LogP contribution in [0, 0.1) is 13.8 Å². The van der Waals surface area contributed by atoms with E-state index in [4.69, 9.17) is 0 Å². The van der Waals surface area contributed by atoms with Gasteiger partial charge in [-0.3, -0.25) is 4.79 Å². The number of rotatable bonds is 5. The molecule has 2 fully saturated rings. The number of hydrogen-bond acceptors (Lipinski definition) is 2. The molecule has 0 aromatic carbocycles. The minimum Gasteiger partial charge on any atom is -0.345 e. The van der Waals surface area contributed by atoms with Gasteiger partial charge in [-0.15, -0.1) is 0 Å². The van der Waals surface area contributed by atoms with Crippen molar-refractivity contribution in [2.75, 3.05) is 6.54 Å². The number of aryl methyl sites for hydroxylation is 1. The van der Waals surface area contributed by atoms with Crippen LogP contribution >= 0.6 is 0 Å². The maximum atomic E-state index is 12.4. The van der Waals surface area contributed by atoms with E-state index in [1.165, 1.54) is 56.3 Å². The average molecular weight is 274 g/mol. The fraction of sp³-hybridized carbons (Fsp3) is 0.706. The van der Waals surface area contributed by atoms with Crippen molar-refractivity contribution in [1.82, 2.24) is 9.88 Å². The first kappa shape index (κ1) is 13.9. The van der Waals surface area contributed by atoms with Gasteiger partial charge in [-0.25, -0.2) is 0 Å². The van der Waals surface area contributed by atoms with E-state index >= 15 is 0 Å². The first-order valence-electron chi connectivity index (χ1n) is 8.12. The van der Waals surface area contributed by atoms with Crippen molar-refractivity contribution in [3.63, 3.8) is 0 Å². The van der Waals surface area contributed by atoms with E-state index in [0.29, 0.717) is 18.6 Å². The maximum Gasteiger partial charge on any atom is 0.178 e. The molecular weight excluding hydrogens is 248 g/mol. The van der Waals surface area contributed by atoms with Crippen LogP contribution in [-0.2, 0) is 0 Å². The molecule has 2 saturated carbocycles. The molecule has 1 heterocycles. The molecule has 0 saturated heterocycles. The smallest absolute Gasteiger partial charge is 0.178 e. The van der Waals surface area contributed by atoms with Crippen LogP contribution in [0.15, 0.2) is 6.07 Å². The summed E-state index contributed by atoms with van der Waals surface area (Å²) in [5, 5.41) is 3.46. The zero-order valence-corrected chi connectivity index (χ0v) is 12.7. The summed E-state index contributed by atoms with van der Waals surface area (Å²) < 4.78 is 2.36. The van der Waals surface area contributed by atoms with Crippen LogP contribution in [0.2, 0.25) is 0 Å². The van der Waals surface area contributed by atoms with Gasteiger partial charge in [-0.05, 0) is 45.6 Å². The normalized spacial score (nSPS) is 20.3. The van der Waals surface area contributed by atoms with Crippen molar-refractivity contribution in [1.29, 1.82) is 0 Å². The highest BCUT2D eigenvalue weighted by molar-refractivity contribution is 5.99. The second kappa shape index (κ2) is 5.72. The Balaban J connectivity index is 1.63. The Bertz CT molecular complexity index is 493. The van der Waals surface area contributed by atoms with E-state index in [2.05, 4.69) is 29.8 Å². The Morgan fingerprint density at radius 3 is 2.55 bits per heavy atom. The van der Waals surface area contributed by atoms with E-state index in [9.17, 15) is 4.79 Å². The summed E-state index contributed by atoms with van der Waals surface area (Å²) in [5.41, 5.74) is 3.34. The first-order chi connectivity index (χ1) is 9.66. The summed E-state index contributed by atoms with van der Waals surface area (Å²) in [6, 6.07) is 3.29. The number of aromatic nitrogens is 1. The van der Waals surface area contributed by atoms with Gasteiger partial charge >= 0.3 is 0 Å². The Kier molecular flexibility index (Phi) is 3.97. The molecule has 0 bridgehead atoms. The Labute approximate surface area is 121 Å². The van der Waals surface area contributed by atoms with Crippen molar-refractivity contribution < 1.29 is 4.79 Å². The molecule has 20 heavy (non-hydrogen) atoms. The van der Waals surface area contributed by atoms with Crippen molar-refractivity contribution >= 4 is 5.78 Å². The van der Waals surface area contributed by atoms with Gasteiger partial charge in [0.2, 0.25) is 0 Å². The molecule has 3 heteroatoms. The van der Waals surface area contributed by atoms with Crippen LogP contribution in [0.1, 0.15) is 72.7 Å². The van der Waals surface area contributed by atoms with Crippen molar-refractivity contribution in [2.45, 2.75) is 70.9 Å². The largest absolute Gasteiger partial charge is 0.345 e. The lowest BCUT2D eigenvalue weighted by molar-refractivity contribution is 0.0984. The van der Waals surface area contributed by atoms with E-state index < -0.39 is 0 Å². The van der Waals surface area contributed by atoms with Crippen molar-refractivity contribution in [3.05, 3.63) is 23.0 Å². The zero-order chi connectivity index (χ0) is 14.1. The first-order valence-corrected chi connectivity index (χ1v) is 8.12. The number of nitrogens with zero attached hydrogens (tertiary/aromatic N) is 1. The minimum absolute atomic E-state index is 0.260. The number of carbonyl (C=O) groups excluding carboxylic acids is 1. The summed E-state index contributed by atoms with van der Waals surface area (Å²) in [5.74, 6) is 0.260. The van der Waals surface area contributed by atoms with E-state index in [-0.39, 0.29) is 5.78 Å². The zero-order valence-electron chi connectivity index (χ0n) is 12.7. The van der Waals surface area contributed by atoms with Crippen LogP contribution in [0.5, 0.6) is 0 Å². The fourth-order valence-corrected chi connectivity index (χ4v) is 3.59. The molecule has 1 aromatic heterocycles. The molecule has 0 atom stereocenters. The van der Waals surface area contributed by atoms with Gasteiger partial charge in [-0.2, -0.15) is 0 Å². The second-order valence-electron chi connectivity index (χ2n) is 6.52. The summed E-state index contributed by atoms with van der Waals surface area (Å²) in [7, 11) is 0. The van der Waals surface area contributed by atoms with E-state index in [0.717, 1.165) is 5.56 Å². The highest BCUT2D eigenvalue weighted by Gasteiger charge is 2.28. The molecule has 0 amide bonds. The lowest BCUT2D eigenvalue weighted by atomic mass is 9.95. The molecule has 110 valence electrons. The third-order valence-corrected chi connectivity index (χ3v) is 4.85. The monoisotopic (exact) mass is 274 g/mol. The topological polar surface area (TPSA) is 34.0 Å². The van der Waals surface area contributed by atoms with Crippen LogP contribution in [0.4, 0.5) is 0 Å². The third-order valence-electron chi connectivity index (χ3n) is 4.85. The van der Waals surface area contributed by atoms with Crippen LogP contribution in [0.25, 0.3) is 0 Å². The predicted octanol–water partition coefficient (Wildman–Crippen LogP) is 3.54. The lowest BCUT2D eigenvalue weighted by Crippen LogP contribution is -2.35. The highest BCUT2D eigenvalue weighted by atomic mass is 16.1. The average Bonchev–Trinajstić information content (AvgIpc) is 3.23. The van der Waals surface area contributed by atoms with Crippen LogP contribution in [0.3, 0.4) is 0 Å². The molecule has 0 spiro atoms. The van der Waals surface area contributed by atoms with Gasteiger partial charge in [0.25, 0.3) is 0 Å². The predicted molar refractivity (Wildman–Crippen MR) is 81.4 cm³/mol. The van der Waals surface area contributed by atoms with Crippen LogP contribution < -0.4 is 5.32 Å². The molecule has 1 aromatic rings. The highest BCUT2D eigenvalue weighted by Crippen LogP contribution is 2.38. The lowest BCUT2D eigenvalue weighted by Gasteiger charge is -2.22. The van der Waals surface area contributed by atoms with Gasteiger partial charge in [0.15, 0.2) is 5.78 Å². The van der Waals surface area contributed by atoms with Gasteiger partial charge < -0.3 is 9.88 Å². The van der Waals surface area contributed by atoms with Crippen molar-refractivity contribution in [3.8, 4) is 0 Å². The minimum atomic E-state index is 0.260. The molecular formula is C17H26N2O. The number of Topliss-reactive ketones (excluding diaryl/α,β-unsaturated/α-hetero) is 1. The number of hydrogen-bond donors (Lipinski definition) is 1. The van der Waals surface area contributed by atoms with Gasteiger partial charge in [0, 0.05) is 29.0 Å². The van der Waals surface area contributed by atoms with Gasteiger partial charge in [0.1, 0.15) is 0 Å². The summed E-state index contributed by atoms with van der Waals surface area (Å²) >= 11 is 0. The maximum absolute atomic E-state index is 12.4. The Morgan fingerprint density at radius 1 is 1.20 bits per heavy atom. The molecule has 3 nitrogen and oxygen atoms in total. The number of nitrogens with one attached hydrogen (secondary N) is 1. The molecule has 0 radical (unpaired) electrons. The Morgan fingerprint density at radius 2 is 1.90 bits per heavy atom. The fourth-order valence-electron chi connectivity index (χ4n) is 3.59. The standard InChI is InChI=1S/C17H26N2O/c1-12-10-16(13(2)19(12)15-8-9-15)17(20)11-18-14-6-4-3-5-7-14/h10,14-15,18H,3-9,11H2,1-2H3. The molecule has 3 rings (SSSR count). The molecule has 2 aliphatic carbocycles. The van der Waals surface area contributed by atoms with E-state index in [1.54, 1.807) is 0 Å². The molecule has 0 unspecified atom stereocenters. The van der Waals surface area contributed by atoms with Gasteiger partial charge in [-0.1, -0.05) is 19.3 Å². The van der Waals surface area contributed by atoms with Crippen molar-refractivity contribution in [2.24, 2.45) is 0 Å². The Hall–Kier alpha value is -1.09. The molecule has 1 N–H and O–H groups in total. The quantitative estimate of drug-likeness (QED) is 0.833. The molecule has 2 aliphatic rings. The SMILES string of the molecule is Cc1cc(C(=O)CNC2CCCCC2)c(C)n1C1CC1.